The van der Waals surface area contributed by atoms with Crippen LogP contribution in [0.3, 0.4) is 0 Å². The second-order valence-electron chi connectivity index (χ2n) is 4.39. The minimum absolute atomic E-state index is 0.230. The molecule has 0 aliphatic heterocycles. The Bertz CT molecular complexity index is 845. The van der Waals surface area contributed by atoms with Gasteiger partial charge in [-0.2, -0.15) is 0 Å². The fourth-order valence-corrected chi connectivity index (χ4v) is 3.18. The van der Waals surface area contributed by atoms with Crippen molar-refractivity contribution >= 4 is 52.1 Å². The summed E-state index contributed by atoms with van der Waals surface area (Å²) in [6.07, 6.45) is 1.65. The third-order valence-electron chi connectivity index (χ3n) is 3.08. The highest BCUT2D eigenvalue weighted by molar-refractivity contribution is 6.37. The van der Waals surface area contributed by atoms with E-state index in [2.05, 4.69) is 4.98 Å². The van der Waals surface area contributed by atoms with Crippen LogP contribution in [0.2, 0.25) is 20.1 Å². The molecule has 0 saturated heterocycles. The van der Waals surface area contributed by atoms with Gasteiger partial charge in [-0.25, -0.2) is 4.98 Å². The SMILES string of the molecule is OCc1c(-c2ccc(Cl)cc2Cl)nc2c(Cl)cc(Cl)cn12. The van der Waals surface area contributed by atoms with E-state index >= 15 is 0 Å². The number of fused-ring (bicyclic) bond motifs is 1. The van der Waals surface area contributed by atoms with Crippen LogP contribution in [0.4, 0.5) is 0 Å². The third-order valence-corrected chi connectivity index (χ3v) is 4.11. The first kappa shape index (κ1) is 14.9. The quantitative estimate of drug-likeness (QED) is 0.688. The molecule has 1 aromatic carbocycles. The van der Waals surface area contributed by atoms with Crippen LogP contribution < -0.4 is 0 Å². The van der Waals surface area contributed by atoms with Gasteiger partial charge in [0.2, 0.25) is 0 Å². The van der Waals surface area contributed by atoms with Crippen molar-refractivity contribution in [3.05, 3.63) is 56.2 Å². The lowest BCUT2D eigenvalue weighted by Gasteiger charge is -2.05. The van der Waals surface area contributed by atoms with Crippen LogP contribution in [-0.4, -0.2) is 14.5 Å². The smallest absolute Gasteiger partial charge is 0.156 e. The molecule has 0 bridgehead atoms. The van der Waals surface area contributed by atoms with Crippen LogP contribution in [0.15, 0.2) is 30.5 Å². The van der Waals surface area contributed by atoms with Gasteiger partial charge in [0.05, 0.1) is 33.1 Å². The Morgan fingerprint density at radius 1 is 1.00 bits per heavy atom. The Balaban J connectivity index is 2.35. The summed E-state index contributed by atoms with van der Waals surface area (Å²) in [7, 11) is 0. The molecule has 0 atom stereocenters. The summed E-state index contributed by atoms with van der Waals surface area (Å²) in [4.78, 5) is 4.47. The number of hydrogen-bond acceptors (Lipinski definition) is 2. The number of rotatable bonds is 2. The Morgan fingerprint density at radius 3 is 2.38 bits per heavy atom. The number of aliphatic hydroxyl groups is 1. The fourth-order valence-electron chi connectivity index (χ4n) is 2.17. The van der Waals surface area contributed by atoms with Gasteiger partial charge in [-0.1, -0.05) is 46.4 Å². The molecule has 21 heavy (non-hydrogen) atoms. The Kier molecular flexibility index (Phi) is 4.04. The first-order chi connectivity index (χ1) is 10.0. The molecule has 0 fully saturated rings. The predicted molar refractivity (Wildman–Crippen MR) is 86.6 cm³/mol. The van der Waals surface area contributed by atoms with Crippen LogP contribution >= 0.6 is 46.4 Å². The van der Waals surface area contributed by atoms with Gasteiger partial charge in [0.1, 0.15) is 0 Å². The summed E-state index contributed by atoms with van der Waals surface area (Å²) in [5, 5.41) is 11.5. The highest BCUT2D eigenvalue weighted by Crippen LogP contribution is 2.34. The van der Waals surface area contributed by atoms with E-state index in [1.807, 2.05) is 0 Å². The molecule has 0 saturated carbocycles. The Hall–Kier alpha value is -0.970. The van der Waals surface area contributed by atoms with Crippen molar-refractivity contribution in [3.8, 4) is 11.3 Å². The van der Waals surface area contributed by atoms with Crippen LogP contribution in [0.1, 0.15) is 5.69 Å². The summed E-state index contributed by atoms with van der Waals surface area (Å²) in [5.41, 5.74) is 2.27. The van der Waals surface area contributed by atoms with Gasteiger partial charge in [-0.3, -0.25) is 4.40 Å². The molecule has 108 valence electrons. The number of imidazole rings is 1. The molecule has 0 aliphatic carbocycles. The molecule has 0 radical (unpaired) electrons. The van der Waals surface area contributed by atoms with E-state index in [1.165, 1.54) is 0 Å². The van der Waals surface area contributed by atoms with E-state index in [0.717, 1.165) is 0 Å². The molecule has 0 amide bonds. The van der Waals surface area contributed by atoms with Crippen molar-refractivity contribution in [2.45, 2.75) is 6.61 Å². The van der Waals surface area contributed by atoms with Crippen molar-refractivity contribution < 1.29 is 5.11 Å². The number of aromatic nitrogens is 2. The summed E-state index contributed by atoms with van der Waals surface area (Å²) >= 11 is 24.3. The largest absolute Gasteiger partial charge is 0.390 e. The van der Waals surface area contributed by atoms with Crippen LogP contribution in [0, 0.1) is 0 Å². The van der Waals surface area contributed by atoms with Gasteiger partial charge in [0, 0.05) is 16.8 Å². The molecule has 1 N–H and O–H groups in total. The average molecular weight is 362 g/mol. The van der Waals surface area contributed by atoms with Crippen LogP contribution in [0.25, 0.3) is 16.9 Å². The number of hydrogen-bond donors (Lipinski definition) is 1. The molecule has 7 heteroatoms. The number of aliphatic hydroxyl groups excluding tert-OH is 1. The number of nitrogens with zero attached hydrogens (tertiary/aromatic N) is 2. The minimum atomic E-state index is -0.230. The molecule has 3 nitrogen and oxygen atoms in total. The minimum Gasteiger partial charge on any atom is -0.390 e. The zero-order chi connectivity index (χ0) is 15.1. The lowest BCUT2D eigenvalue weighted by atomic mass is 10.1. The second kappa shape index (κ2) is 5.67. The molecule has 0 unspecified atom stereocenters. The van der Waals surface area contributed by atoms with Crippen molar-refractivity contribution in [2.75, 3.05) is 0 Å². The molecule has 0 aliphatic rings. The van der Waals surface area contributed by atoms with Gasteiger partial charge in [-0.05, 0) is 24.3 Å². The monoisotopic (exact) mass is 360 g/mol. The van der Waals surface area contributed by atoms with Gasteiger partial charge < -0.3 is 5.11 Å². The summed E-state index contributed by atoms with van der Waals surface area (Å²) in [6.45, 7) is -0.230. The standard InChI is InChI=1S/C14H8Cl4N2O/c15-7-1-2-9(10(17)3-7)13-12(6-21)20-5-8(16)4-11(18)14(20)19-13/h1-5,21H,6H2. The van der Waals surface area contributed by atoms with E-state index < -0.39 is 0 Å². The van der Waals surface area contributed by atoms with Crippen molar-refractivity contribution in [2.24, 2.45) is 0 Å². The van der Waals surface area contributed by atoms with Crippen molar-refractivity contribution in [3.63, 3.8) is 0 Å². The maximum Gasteiger partial charge on any atom is 0.156 e. The maximum absolute atomic E-state index is 9.68. The topological polar surface area (TPSA) is 37.5 Å². The first-order valence-electron chi connectivity index (χ1n) is 5.93. The summed E-state index contributed by atoms with van der Waals surface area (Å²) in [6, 6.07) is 6.68. The summed E-state index contributed by atoms with van der Waals surface area (Å²) < 4.78 is 1.66. The highest BCUT2D eigenvalue weighted by Gasteiger charge is 2.18. The molecule has 3 rings (SSSR count). The fraction of sp³-hybridized carbons (Fsp3) is 0.0714. The van der Waals surface area contributed by atoms with E-state index in [-0.39, 0.29) is 6.61 Å². The molecular formula is C14H8Cl4N2O. The first-order valence-corrected chi connectivity index (χ1v) is 7.44. The lowest BCUT2D eigenvalue weighted by molar-refractivity contribution is 0.276. The molecule has 0 spiro atoms. The van der Waals surface area contributed by atoms with E-state index in [4.69, 9.17) is 46.4 Å². The number of pyridine rings is 1. The number of halogens is 4. The molecule has 3 aromatic rings. The van der Waals surface area contributed by atoms with Gasteiger partial charge in [-0.15, -0.1) is 0 Å². The zero-order valence-electron chi connectivity index (χ0n) is 10.4. The van der Waals surface area contributed by atoms with Gasteiger partial charge >= 0.3 is 0 Å². The molecular weight excluding hydrogens is 354 g/mol. The number of benzene rings is 1. The van der Waals surface area contributed by atoms with Gasteiger partial charge in [0.25, 0.3) is 0 Å². The summed E-state index contributed by atoms with van der Waals surface area (Å²) in [5.74, 6) is 0. The normalized spacial score (nSPS) is 11.3. The maximum atomic E-state index is 9.68. The van der Waals surface area contributed by atoms with Crippen molar-refractivity contribution in [1.82, 2.24) is 9.38 Å². The van der Waals surface area contributed by atoms with Gasteiger partial charge in [0.15, 0.2) is 5.65 Å². The van der Waals surface area contributed by atoms with E-state index in [9.17, 15) is 5.11 Å². The Morgan fingerprint density at radius 2 is 1.71 bits per heavy atom. The molecule has 2 heterocycles. The van der Waals surface area contributed by atoms with E-state index in [0.29, 0.717) is 42.7 Å². The van der Waals surface area contributed by atoms with E-state index in [1.54, 1.807) is 34.9 Å². The second-order valence-corrected chi connectivity index (χ2v) is 6.08. The van der Waals surface area contributed by atoms with Crippen LogP contribution in [-0.2, 0) is 6.61 Å². The van der Waals surface area contributed by atoms with Crippen LogP contribution in [0.5, 0.6) is 0 Å². The molecule has 2 aromatic heterocycles. The average Bonchev–Trinajstić information content (AvgIpc) is 2.77. The zero-order valence-corrected chi connectivity index (χ0v) is 13.5. The Labute approximate surface area is 140 Å². The lowest BCUT2D eigenvalue weighted by Crippen LogP contribution is -1.94. The predicted octanol–water partition coefficient (Wildman–Crippen LogP) is 5.11. The third kappa shape index (κ3) is 2.60. The highest BCUT2D eigenvalue weighted by atomic mass is 35.5. The van der Waals surface area contributed by atoms with Crippen molar-refractivity contribution in [1.29, 1.82) is 0 Å².